The molecule has 1 aliphatic rings. The van der Waals surface area contributed by atoms with Gasteiger partial charge in [-0.1, -0.05) is 30.3 Å². The van der Waals surface area contributed by atoms with Crippen LogP contribution in [0.25, 0.3) is 0 Å². The average molecular weight is 269 g/mol. The average Bonchev–Trinajstić information content (AvgIpc) is 3.07. The molecule has 1 aromatic heterocycles. The molecule has 1 fully saturated rings. The van der Waals surface area contributed by atoms with Crippen LogP contribution in [0.3, 0.4) is 0 Å². The Balaban J connectivity index is 1.72. The van der Waals surface area contributed by atoms with Gasteiger partial charge in [0.15, 0.2) is 0 Å². The lowest BCUT2D eigenvalue weighted by atomic mass is 9.99. The summed E-state index contributed by atoms with van der Waals surface area (Å²) in [7, 11) is 0. The number of amides is 1. The number of benzene rings is 1. The number of nitrogens with zero attached hydrogens (tertiary/aromatic N) is 3. The standard InChI is InChI=1S/C16H19N3O/c1-2-18-12-17-9-15(18)11-19-10-14(8-16(19)20)13-6-4-3-5-7-13/h3-7,9,12,14H,2,8,10-11H2,1H3. The maximum absolute atomic E-state index is 12.2. The molecule has 2 aromatic rings. The number of aryl methyl sites for hydroxylation is 1. The van der Waals surface area contributed by atoms with E-state index in [1.54, 1.807) is 0 Å². The van der Waals surface area contributed by atoms with Crippen LogP contribution in [0.1, 0.15) is 30.5 Å². The molecule has 104 valence electrons. The van der Waals surface area contributed by atoms with Gasteiger partial charge in [-0.15, -0.1) is 0 Å². The molecule has 4 heteroatoms. The molecular weight excluding hydrogens is 250 g/mol. The van der Waals surface area contributed by atoms with Crippen LogP contribution in [0.4, 0.5) is 0 Å². The first-order chi connectivity index (χ1) is 9.78. The van der Waals surface area contributed by atoms with Gasteiger partial charge in [-0.3, -0.25) is 4.79 Å². The zero-order chi connectivity index (χ0) is 13.9. The van der Waals surface area contributed by atoms with E-state index in [4.69, 9.17) is 0 Å². The predicted molar refractivity (Wildman–Crippen MR) is 77.1 cm³/mol. The van der Waals surface area contributed by atoms with Crippen LogP contribution >= 0.6 is 0 Å². The van der Waals surface area contributed by atoms with E-state index >= 15 is 0 Å². The number of hydrogen-bond donors (Lipinski definition) is 0. The minimum Gasteiger partial charge on any atom is -0.336 e. The number of imidazole rings is 1. The highest BCUT2D eigenvalue weighted by atomic mass is 16.2. The lowest BCUT2D eigenvalue weighted by molar-refractivity contribution is -0.128. The van der Waals surface area contributed by atoms with Gasteiger partial charge in [-0.05, 0) is 12.5 Å². The lowest BCUT2D eigenvalue weighted by Crippen LogP contribution is -2.25. The van der Waals surface area contributed by atoms with Gasteiger partial charge in [0.25, 0.3) is 0 Å². The van der Waals surface area contributed by atoms with Crippen molar-refractivity contribution in [2.75, 3.05) is 6.54 Å². The second kappa shape index (κ2) is 5.49. The van der Waals surface area contributed by atoms with E-state index in [2.05, 4.69) is 28.6 Å². The van der Waals surface area contributed by atoms with E-state index in [9.17, 15) is 4.79 Å². The summed E-state index contributed by atoms with van der Waals surface area (Å²) in [5.41, 5.74) is 2.36. The van der Waals surface area contributed by atoms with Crippen LogP contribution in [-0.2, 0) is 17.9 Å². The molecule has 1 saturated heterocycles. The van der Waals surface area contributed by atoms with Crippen LogP contribution in [0.2, 0.25) is 0 Å². The minimum absolute atomic E-state index is 0.239. The number of rotatable bonds is 4. The van der Waals surface area contributed by atoms with Gasteiger partial charge in [0.05, 0.1) is 18.6 Å². The number of hydrogen-bond acceptors (Lipinski definition) is 2. The van der Waals surface area contributed by atoms with Crippen LogP contribution in [0.15, 0.2) is 42.9 Å². The maximum Gasteiger partial charge on any atom is 0.223 e. The Hall–Kier alpha value is -2.10. The van der Waals surface area contributed by atoms with Crippen molar-refractivity contribution in [1.29, 1.82) is 0 Å². The third kappa shape index (κ3) is 2.46. The molecule has 1 atom stereocenters. The molecule has 0 bridgehead atoms. The number of carbonyl (C=O) groups excluding carboxylic acids is 1. The first-order valence-electron chi connectivity index (χ1n) is 7.09. The van der Waals surface area contributed by atoms with Crippen LogP contribution in [-0.4, -0.2) is 26.9 Å². The molecule has 0 spiro atoms. The summed E-state index contributed by atoms with van der Waals surface area (Å²) < 4.78 is 2.09. The van der Waals surface area contributed by atoms with E-state index < -0.39 is 0 Å². The summed E-state index contributed by atoms with van der Waals surface area (Å²) in [5, 5.41) is 0. The van der Waals surface area contributed by atoms with Crippen molar-refractivity contribution >= 4 is 5.91 Å². The Labute approximate surface area is 119 Å². The molecule has 0 aliphatic carbocycles. The van der Waals surface area contributed by atoms with Gasteiger partial charge < -0.3 is 9.47 Å². The molecule has 1 aromatic carbocycles. The Morgan fingerprint density at radius 2 is 2.10 bits per heavy atom. The van der Waals surface area contributed by atoms with Gasteiger partial charge in [0, 0.05) is 31.6 Å². The van der Waals surface area contributed by atoms with Crippen molar-refractivity contribution in [3.05, 3.63) is 54.1 Å². The molecule has 0 saturated carbocycles. The van der Waals surface area contributed by atoms with E-state index in [0.29, 0.717) is 18.9 Å². The van der Waals surface area contributed by atoms with E-state index in [0.717, 1.165) is 18.8 Å². The highest BCUT2D eigenvalue weighted by Gasteiger charge is 2.30. The van der Waals surface area contributed by atoms with Gasteiger partial charge in [-0.25, -0.2) is 4.98 Å². The molecule has 1 unspecified atom stereocenters. The summed E-state index contributed by atoms with van der Waals surface area (Å²) in [6.07, 6.45) is 4.29. The van der Waals surface area contributed by atoms with Crippen LogP contribution in [0.5, 0.6) is 0 Å². The summed E-state index contributed by atoms with van der Waals surface area (Å²) in [6, 6.07) is 10.3. The normalized spacial score (nSPS) is 18.8. The lowest BCUT2D eigenvalue weighted by Gasteiger charge is -2.17. The second-order valence-electron chi connectivity index (χ2n) is 5.26. The summed E-state index contributed by atoms with van der Waals surface area (Å²) in [6.45, 7) is 4.44. The molecule has 4 nitrogen and oxygen atoms in total. The Kier molecular flexibility index (Phi) is 3.54. The summed E-state index contributed by atoms with van der Waals surface area (Å²) >= 11 is 0. The van der Waals surface area contributed by atoms with Crippen molar-refractivity contribution in [3.8, 4) is 0 Å². The summed E-state index contributed by atoms with van der Waals surface area (Å²) in [5.74, 6) is 0.560. The van der Waals surface area contributed by atoms with E-state index in [1.807, 2.05) is 35.6 Å². The van der Waals surface area contributed by atoms with Gasteiger partial charge in [0.2, 0.25) is 5.91 Å². The Morgan fingerprint density at radius 1 is 1.30 bits per heavy atom. The molecular formula is C16H19N3O. The summed E-state index contributed by atoms with van der Waals surface area (Å²) in [4.78, 5) is 18.3. The molecule has 1 amide bonds. The third-order valence-electron chi connectivity index (χ3n) is 3.98. The zero-order valence-electron chi connectivity index (χ0n) is 11.7. The number of aromatic nitrogens is 2. The largest absolute Gasteiger partial charge is 0.336 e. The molecule has 0 radical (unpaired) electrons. The number of likely N-dealkylation sites (tertiary alicyclic amines) is 1. The predicted octanol–water partition coefficient (Wildman–Crippen LogP) is 2.42. The Bertz CT molecular complexity index is 591. The quantitative estimate of drug-likeness (QED) is 0.855. The van der Waals surface area contributed by atoms with Crippen molar-refractivity contribution < 1.29 is 4.79 Å². The fourth-order valence-electron chi connectivity index (χ4n) is 2.83. The number of carbonyl (C=O) groups is 1. The monoisotopic (exact) mass is 269 g/mol. The first-order valence-corrected chi connectivity index (χ1v) is 7.09. The zero-order valence-corrected chi connectivity index (χ0v) is 11.7. The van der Waals surface area contributed by atoms with Crippen molar-refractivity contribution in [2.24, 2.45) is 0 Å². The SMILES string of the molecule is CCn1cncc1CN1CC(c2ccccc2)CC1=O. The highest BCUT2D eigenvalue weighted by Crippen LogP contribution is 2.28. The molecule has 1 aliphatic heterocycles. The van der Waals surface area contributed by atoms with Crippen molar-refractivity contribution in [1.82, 2.24) is 14.5 Å². The van der Waals surface area contributed by atoms with E-state index in [1.165, 1.54) is 5.56 Å². The molecule has 2 heterocycles. The van der Waals surface area contributed by atoms with E-state index in [-0.39, 0.29) is 5.91 Å². The molecule has 0 N–H and O–H groups in total. The first kappa shape index (κ1) is 12.9. The minimum atomic E-state index is 0.239. The second-order valence-corrected chi connectivity index (χ2v) is 5.26. The molecule has 20 heavy (non-hydrogen) atoms. The maximum atomic E-state index is 12.2. The highest BCUT2D eigenvalue weighted by molar-refractivity contribution is 5.79. The Morgan fingerprint density at radius 3 is 2.85 bits per heavy atom. The third-order valence-corrected chi connectivity index (χ3v) is 3.98. The smallest absolute Gasteiger partial charge is 0.223 e. The van der Waals surface area contributed by atoms with Gasteiger partial charge in [-0.2, -0.15) is 0 Å². The van der Waals surface area contributed by atoms with Crippen LogP contribution < -0.4 is 0 Å². The van der Waals surface area contributed by atoms with Gasteiger partial charge in [0.1, 0.15) is 0 Å². The topological polar surface area (TPSA) is 38.1 Å². The van der Waals surface area contributed by atoms with Crippen LogP contribution in [0, 0.1) is 0 Å². The van der Waals surface area contributed by atoms with Crippen molar-refractivity contribution in [3.63, 3.8) is 0 Å². The van der Waals surface area contributed by atoms with Crippen molar-refractivity contribution in [2.45, 2.75) is 32.4 Å². The fraction of sp³-hybridized carbons (Fsp3) is 0.375. The van der Waals surface area contributed by atoms with Gasteiger partial charge >= 0.3 is 0 Å². The fourth-order valence-corrected chi connectivity index (χ4v) is 2.83. The molecule has 3 rings (SSSR count).